The highest BCUT2D eigenvalue weighted by Gasteiger charge is 2.08. The Morgan fingerprint density at radius 2 is 2.20 bits per heavy atom. The lowest BCUT2D eigenvalue weighted by atomic mass is 10.3. The van der Waals surface area contributed by atoms with E-state index in [1.165, 1.54) is 0 Å². The molecule has 20 heavy (non-hydrogen) atoms. The predicted molar refractivity (Wildman–Crippen MR) is 77.5 cm³/mol. The summed E-state index contributed by atoms with van der Waals surface area (Å²) in [5.74, 6) is 1.33. The van der Waals surface area contributed by atoms with Crippen LogP contribution < -0.4 is 10.5 Å². The van der Waals surface area contributed by atoms with E-state index in [2.05, 4.69) is 14.5 Å². The number of rotatable bonds is 5. The van der Waals surface area contributed by atoms with Crippen molar-refractivity contribution in [2.45, 2.75) is 19.5 Å². The van der Waals surface area contributed by atoms with Gasteiger partial charge in [-0.1, -0.05) is 0 Å². The van der Waals surface area contributed by atoms with E-state index in [9.17, 15) is 0 Å². The van der Waals surface area contributed by atoms with E-state index in [-0.39, 0.29) is 0 Å². The molecule has 3 rings (SSSR count). The van der Waals surface area contributed by atoms with Gasteiger partial charge in [0.05, 0.1) is 24.5 Å². The number of hydrogen-bond donors (Lipinski definition) is 1. The van der Waals surface area contributed by atoms with Crippen LogP contribution in [0.3, 0.4) is 0 Å². The van der Waals surface area contributed by atoms with Crippen molar-refractivity contribution in [2.75, 3.05) is 12.8 Å². The number of nitrogen functional groups attached to an aromatic ring is 1. The molecule has 0 aliphatic rings. The molecule has 0 aliphatic carbocycles. The van der Waals surface area contributed by atoms with Gasteiger partial charge in [-0.15, -0.1) is 0 Å². The summed E-state index contributed by atoms with van der Waals surface area (Å²) in [6.07, 6.45) is 6.53. The van der Waals surface area contributed by atoms with Gasteiger partial charge in [-0.25, -0.2) is 9.97 Å². The number of aromatic nitrogens is 4. The Bertz CT molecular complexity index is 702. The van der Waals surface area contributed by atoms with Gasteiger partial charge in [0.1, 0.15) is 5.75 Å². The van der Waals surface area contributed by atoms with Gasteiger partial charge >= 0.3 is 0 Å². The Kier molecular flexibility index (Phi) is 3.28. The zero-order valence-electron chi connectivity index (χ0n) is 11.4. The average molecular weight is 271 g/mol. The Morgan fingerprint density at radius 1 is 1.30 bits per heavy atom. The van der Waals surface area contributed by atoms with E-state index < -0.39 is 0 Å². The minimum Gasteiger partial charge on any atom is -0.497 e. The molecule has 1 aromatic carbocycles. The van der Waals surface area contributed by atoms with Gasteiger partial charge in [-0.05, 0) is 18.6 Å². The number of methoxy groups -OCH3 is 1. The molecular formula is C14H17N5O. The first-order valence-corrected chi connectivity index (χ1v) is 6.53. The Hall–Kier alpha value is -2.50. The largest absolute Gasteiger partial charge is 0.497 e. The van der Waals surface area contributed by atoms with Gasteiger partial charge in [0.2, 0.25) is 5.95 Å². The zero-order valence-corrected chi connectivity index (χ0v) is 11.4. The molecule has 0 radical (unpaired) electrons. The lowest BCUT2D eigenvalue weighted by Crippen LogP contribution is -2.06. The first kappa shape index (κ1) is 12.5. The molecule has 0 aliphatic heterocycles. The average Bonchev–Trinajstić information content (AvgIpc) is 3.06. The maximum absolute atomic E-state index is 6.00. The maximum Gasteiger partial charge on any atom is 0.201 e. The van der Waals surface area contributed by atoms with Crippen LogP contribution in [0.2, 0.25) is 0 Å². The fraction of sp³-hybridized carbons (Fsp3) is 0.286. The van der Waals surface area contributed by atoms with E-state index in [1.807, 2.05) is 35.3 Å². The van der Waals surface area contributed by atoms with Crippen LogP contribution in [0.1, 0.15) is 6.42 Å². The minimum absolute atomic E-state index is 0.541. The van der Waals surface area contributed by atoms with E-state index in [0.29, 0.717) is 5.95 Å². The van der Waals surface area contributed by atoms with Crippen molar-refractivity contribution < 1.29 is 4.74 Å². The molecule has 0 fully saturated rings. The second kappa shape index (κ2) is 5.24. The molecular weight excluding hydrogens is 254 g/mol. The molecule has 104 valence electrons. The molecule has 2 N–H and O–H groups in total. The molecule has 0 saturated heterocycles. The first-order valence-electron chi connectivity index (χ1n) is 6.53. The Labute approximate surface area is 116 Å². The Balaban J connectivity index is 1.78. The van der Waals surface area contributed by atoms with Crippen LogP contribution in [0.15, 0.2) is 36.9 Å². The minimum atomic E-state index is 0.541. The van der Waals surface area contributed by atoms with E-state index in [0.717, 1.165) is 36.3 Å². The fourth-order valence-corrected chi connectivity index (χ4v) is 2.32. The maximum atomic E-state index is 6.00. The highest BCUT2D eigenvalue weighted by Crippen LogP contribution is 2.23. The third-order valence-corrected chi connectivity index (χ3v) is 3.34. The van der Waals surface area contributed by atoms with Crippen LogP contribution in [-0.4, -0.2) is 26.2 Å². The number of aryl methyl sites for hydroxylation is 2. The van der Waals surface area contributed by atoms with Crippen molar-refractivity contribution in [1.29, 1.82) is 0 Å². The fourth-order valence-electron chi connectivity index (χ4n) is 2.32. The lowest BCUT2D eigenvalue weighted by molar-refractivity contribution is 0.415. The van der Waals surface area contributed by atoms with E-state index in [4.69, 9.17) is 10.5 Å². The van der Waals surface area contributed by atoms with Gasteiger partial charge in [0.15, 0.2) is 0 Å². The molecule has 2 aromatic heterocycles. The highest BCUT2D eigenvalue weighted by atomic mass is 16.5. The van der Waals surface area contributed by atoms with Crippen molar-refractivity contribution in [3.63, 3.8) is 0 Å². The molecule has 6 nitrogen and oxygen atoms in total. The summed E-state index contributed by atoms with van der Waals surface area (Å²) in [4.78, 5) is 8.41. The summed E-state index contributed by atoms with van der Waals surface area (Å²) >= 11 is 0. The monoisotopic (exact) mass is 271 g/mol. The number of nitrogens with two attached hydrogens (primary N) is 1. The SMILES string of the molecule is COc1ccc2c(c1)nc(N)n2CCCn1ccnc1. The van der Waals surface area contributed by atoms with Crippen LogP contribution in [0.4, 0.5) is 5.95 Å². The molecule has 0 unspecified atom stereocenters. The number of ether oxygens (including phenoxy) is 1. The molecule has 0 atom stereocenters. The van der Waals surface area contributed by atoms with Crippen LogP contribution in [0, 0.1) is 0 Å². The number of hydrogen-bond acceptors (Lipinski definition) is 4. The van der Waals surface area contributed by atoms with Crippen molar-refractivity contribution >= 4 is 17.0 Å². The standard InChI is InChI=1S/C14H17N5O/c1-20-11-3-4-13-12(9-11)17-14(15)19(13)7-2-6-18-8-5-16-10-18/h3-5,8-10H,2,6-7H2,1H3,(H2,15,17). The summed E-state index contributed by atoms with van der Waals surface area (Å²) in [6.45, 7) is 1.74. The third kappa shape index (κ3) is 2.32. The highest BCUT2D eigenvalue weighted by molar-refractivity contribution is 5.79. The van der Waals surface area contributed by atoms with Gasteiger partial charge in [-0.2, -0.15) is 0 Å². The first-order chi connectivity index (χ1) is 9.78. The summed E-state index contributed by atoms with van der Waals surface area (Å²) in [6, 6.07) is 5.82. The van der Waals surface area contributed by atoms with E-state index >= 15 is 0 Å². The van der Waals surface area contributed by atoms with Crippen molar-refractivity contribution in [3.8, 4) is 5.75 Å². The summed E-state index contributed by atoms with van der Waals surface area (Å²) < 4.78 is 9.29. The molecule has 6 heteroatoms. The quantitative estimate of drug-likeness (QED) is 0.769. The number of anilines is 1. The second-order valence-electron chi connectivity index (χ2n) is 4.63. The van der Waals surface area contributed by atoms with Crippen LogP contribution >= 0.6 is 0 Å². The number of fused-ring (bicyclic) bond motifs is 1. The van der Waals surface area contributed by atoms with Crippen molar-refractivity contribution in [1.82, 2.24) is 19.1 Å². The normalized spacial score (nSPS) is 11.1. The van der Waals surface area contributed by atoms with Gasteiger partial charge in [0.25, 0.3) is 0 Å². The number of nitrogens with zero attached hydrogens (tertiary/aromatic N) is 4. The Morgan fingerprint density at radius 3 is 2.95 bits per heavy atom. The van der Waals surface area contributed by atoms with E-state index in [1.54, 1.807) is 13.3 Å². The van der Waals surface area contributed by atoms with Crippen molar-refractivity contribution in [3.05, 3.63) is 36.9 Å². The van der Waals surface area contributed by atoms with Crippen LogP contribution in [-0.2, 0) is 13.1 Å². The van der Waals surface area contributed by atoms with Gasteiger partial charge < -0.3 is 19.6 Å². The van der Waals surface area contributed by atoms with Gasteiger partial charge in [0, 0.05) is 31.5 Å². The van der Waals surface area contributed by atoms with Gasteiger partial charge in [-0.3, -0.25) is 0 Å². The lowest BCUT2D eigenvalue weighted by Gasteiger charge is -2.07. The smallest absolute Gasteiger partial charge is 0.201 e. The number of imidazole rings is 2. The summed E-state index contributed by atoms with van der Waals surface area (Å²) in [5, 5.41) is 0. The summed E-state index contributed by atoms with van der Waals surface area (Å²) in [7, 11) is 1.65. The predicted octanol–water partition coefficient (Wildman–Crippen LogP) is 1.91. The van der Waals surface area contributed by atoms with Crippen molar-refractivity contribution in [2.24, 2.45) is 0 Å². The second-order valence-corrected chi connectivity index (χ2v) is 4.63. The number of benzene rings is 1. The third-order valence-electron chi connectivity index (χ3n) is 3.34. The molecule has 0 spiro atoms. The molecule has 0 bridgehead atoms. The van der Waals surface area contributed by atoms with Crippen LogP contribution in [0.25, 0.3) is 11.0 Å². The van der Waals surface area contributed by atoms with Crippen LogP contribution in [0.5, 0.6) is 5.75 Å². The molecule has 3 aromatic rings. The summed E-state index contributed by atoms with van der Waals surface area (Å²) in [5.41, 5.74) is 7.90. The zero-order chi connectivity index (χ0) is 13.9. The molecule has 0 amide bonds. The molecule has 0 saturated carbocycles. The molecule has 2 heterocycles. The topological polar surface area (TPSA) is 70.9 Å².